The third-order valence-corrected chi connectivity index (χ3v) is 4.73. The van der Waals surface area contributed by atoms with E-state index in [4.69, 9.17) is 5.11 Å². The standard InChI is InChI=1S/C18H27N3O3/c1-3-20(13-17(22)23)16-9-11-21(12-10-16)14(2)18(24)19-15-7-5-4-6-8-15/h4-8,14,16H,3,9-13H2,1-2H3,(H,19,24)(H,22,23). The van der Waals surface area contributed by atoms with Crippen LogP contribution in [0.4, 0.5) is 5.69 Å². The summed E-state index contributed by atoms with van der Waals surface area (Å²) in [5.41, 5.74) is 0.808. The molecular weight excluding hydrogens is 306 g/mol. The molecule has 132 valence electrons. The Kier molecular flexibility index (Phi) is 6.75. The molecule has 6 nitrogen and oxygen atoms in total. The highest BCUT2D eigenvalue weighted by Crippen LogP contribution is 2.19. The van der Waals surface area contributed by atoms with Gasteiger partial charge in [0.05, 0.1) is 12.6 Å². The summed E-state index contributed by atoms with van der Waals surface area (Å²) in [6.07, 6.45) is 1.79. The number of aliphatic carboxylic acids is 1. The second-order valence-electron chi connectivity index (χ2n) is 6.26. The van der Waals surface area contributed by atoms with Crippen molar-refractivity contribution in [3.8, 4) is 0 Å². The number of anilines is 1. The number of piperidine rings is 1. The van der Waals surface area contributed by atoms with Gasteiger partial charge in [0.25, 0.3) is 0 Å². The minimum absolute atomic E-state index is 0.00228. The van der Waals surface area contributed by atoms with E-state index in [9.17, 15) is 9.59 Å². The van der Waals surface area contributed by atoms with E-state index in [0.29, 0.717) is 0 Å². The molecule has 0 spiro atoms. The van der Waals surface area contributed by atoms with Gasteiger partial charge in [0.2, 0.25) is 5.91 Å². The summed E-state index contributed by atoms with van der Waals surface area (Å²) in [7, 11) is 0. The first-order valence-corrected chi connectivity index (χ1v) is 8.57. The zero-order valence-electron chi connectivity index (χ0n) is 14.4. The van der Waals surface area contributed by atoms with Crippen LogP contribution in [0.25, 0.3) is 0 Å². The van der Waals surface area contributed by atoms with Crippen LogP contribution in [0.15, 0.2) is 30.3 Å². The largest absolute Gasteiger partial charge is 0.480 e. The molecule has 2 rings (SSSR count). The molecular formula is C18H27N3O3. The molecule has 1 aromatic carbocycles. The van der Waals surface area contributed by atoms with Crippen LogP contribution in [0, 0.1) is 0 Å². The summed E-state index contributed by atoms with van der Waals surface area (Å²) in [4.78, 5) is 27.5. The molecule has 1 fully saturated rings. The maximum Gasteiger partial charge on any atom is 0.317 e. The fraction of sp³-hybridized carbons (Fsp3) is 0.556. The van der Waals surface area contributed by atoms with E-state index in [1.165, 1.54) is 0 Å². The lowest BCUT2D eigenvalue weighted by Gasteiger charge is -2.39. The van der Waals surface area contributed by atoms with Gasteiger partial charge < -0.3 is 10.4 Å². The molecule has 0 radical (unpaired) electrons. The summed E-state index contributed by atoms with van der Waals surface area (Å²) in [6.45, 7) is 6.36. The molecule has 1 unspecified atom stereocenters. The molecule has 2 N–H and O–H groups in total. The number of likely N-dealkylation sites (N-methyl/N-ethyl adjacent to an activating group) is 1. The van der Waals surface area contributed by atoms with Gasteiger partial charge in [-0.25, -0.2) is 0 Å². The minimum Gasteiger partial charge on any atom is -0.480 e. The second-order valence-corrected chi connectivity index (χ2v) is 6.26. The van der Waals surface area contributed by atoms with Crippen molar-refractivity contribution >= 4 is 17.6 Å². The Bertz CT molecular complexity index is 542. The van der Waals surface area contributed by atoms with E-state index in [1.807, 2.05) is 49.1 Å². The van der Waals surface area contributed by atoms with Crippen molar-refractivity contribution in [3.05, 3.63) is 30.3 Å². The lowest BCUT2D eigenvalue weighted by atomic mass is 10.0. The highest BCUT2D eigenvalue weighted by molar-refractivity contribution is 5.94. The molecule has 0 saturated carbocycles. The summed E-state index contributed by atoms with van der Waals surface area (Å²) in [6, 6.07) is 9.55. The van der Waals surface area contributed by atoms with Crippen LogP contribution >= 0.6 is 0 Å². The minimum atomic E-state index is -0.783. The molecule has 1 amide bonds. The van der Waals surface area contributed by atoms with Crippen LogP contribution < -0.4 is 5.32 Å². The third kappa shape index (κ3) is 5.04. The smallest absolute Gasteiger partial charge is 0.317 e. The Morgan fingerprint density at radius 2 is 1.92 bits per heavy atom. The van der Waals surface area contributed by atoms with Crippen molar-refractivity contribution in [2.75, 3.05) is 31.5 Å². The highest BCUT2D eigenvalue weighted by atomic mass is 16.4. The van der Waals surface area contributed by atoms with Gasteiger partial charge >= 0.3 is 5.97 Å². The fourth-order valence-electron chi connectivity index (χ4n) is 3.25. The second kappa shape index (κ2) is 8.80. The zero-order valence-corrected chi connectivity index (χ0v) is 14.4. The van der Waals surface area contributed by atoms with E-state index in [-0.39, 0.29) is 24.5 Å². The Morgan fingerprint density at radius 1 is 1.29 bits per heavy atom. The zero-order chi connectivity index (χ0) is 17.5. The quantitative estimate of drug-likeness (QED) is 0.797. The van der Waals surface area contributed by atoms with E-state index < -0.39 is 5.97 Å². The summed E-state index contributed by atoms with van der Waals surface area (Å²) in [5, 5.41) is 11.9. The third-order valence-electron chi connectivity index (χ3n) is 4.73. The van der Waals surface area contributed by atoms with Gasteiger partial charge in [0, 0.05) is 24.8 Å². The lowest BCUT2D eigenvalue weighted by molar-refractivity contribution is -0.139. The van der Waals surface area contributed by atoms with Crippen molar-refractivity contribution in [2.45, 2.75) is 38.8 Å². The number of carboxylic acids is 1. The van der Waals surface area contributed by atoms with Crippen molar-refractivity contribution in [1.29, 1.82) is 0 Å². The molecule has 24 heavy (non-hydrogen) atoms. The van der Waals surface area contributed by atoms with Gasteiger partial charge in [-0.1, -0.05) is 25.1 Å². The number of para-hydroxylation sites is 1. The average molecular weight is 333 g/mol. The number of likely N-dealkylation sites (tertiary alicyclic amines) is 1. The molecule has 1 aliphatic heterocycles. The Hall–Kier alpha value is -1.92. The van der Waals surface area contributed by atoms with Crippen LogP contribution in [0.2, 0.25) is 0 Å². The van der Waals surface area contributed by atoms with Crippen molar-refractivity contribution < 1.29 is 14.7 Å². The van der Waals surface area contributed by atoms with Gasteiger partial charge in [0.15, 0.2) is 0 Å². The molecule has 1 heterocycles. The first-order valence-electron chi connectivity index (χ1n) is 8.57. The van der Waals surface area contributed by atoms with Crippen molar-refractivity contribution in [1.82, 2.24) is 9.80 Å². The number of carbonyl (C=O) groups is 2. The van der Waals surface area contributed by atoms with E-state index >= 15 is 0 Å². The normalized spacial score (nSPS) is 17.6. The van der Waals surface area contributed by atoms with E-state index in [2.05, 4.69) is 10.2 Å². The van der Waals surface area contributed by atoms with E-state index in [0.717, 1.165) is 38.2 Å². The van der Waals surface area contributed by atoms with Crippen LogP contribution in [0.1, 0.15) is 26.7 Å². The first-order chi connectivity index (χ1) is 11.5. The molecule has 1 aliphatic rings. The molecule has 1 saturated heterocycles. The summed E-state index contributed by atoms with van der Waals surface area (Å²) < 4.78 is 0. The van der Waals surface area contributed by atoms with Gasteiger partial charge in [-0.2, -0.15) is 0 Å². The number of hydrogen-bond donors (Lipinski definition) is 2. The predicted octanol–water partition coefficient (Wildman–Crippen LogP) is 1.88. The number of amides is 1. The number of hydrogen-bond acceptors (Lipinski definition) is 4. The van der Waals surface area contributed by atoms with Gasteiger partial charge in [-0.05, 0) is 38.4 Å². The van der Waals surface area contributed by atoms with Crippen molar-refractivity contribution in [2.24, 2.45) is 0 Å². The number of rotatable bonds is 7. The number of carbonyl (C=O) groups excluding carboxylic acids is 1. The maximum atomic E-state index is 12.4. The van der Waals surface area contributed by atoms with Crippen LogP contribution in [-0.2, 0) is 9.59 Å². The Labute approximate surface area is 143 Å². The fourth-order valence-corrected chi connectivity index (χ4v) is 3.25. The number of nitrogens with zero attached hydrogens (tertiary/aromatic N) is 2. The highest BCUT2D eigenvalue weighted by Gasteiger charge is 2.29. The molecule has 6 heteroatoms. The number of benzene rings is 1. The number of nitrogens with one attached hydrogen (secondary N) is 1. The molecule has 1 atom stereocenters. The molecule has 1 aromatic rings. The van der Waals surface area contributed by atoms with E-state index in [1.54, 1.807) is 0 Å². The number of carboxylic acid groups (broad SMARTS) is 1. The van der Waals surface area contributed by atoms with Gasteiger partial charge in [-0.15, -0.1) is 0 Å². The van der Waals surface area contributed by atoms with Crippen LogP contribution in [0.5, 0.6) is 0 Å². The molecule has 0 aliphatic carbocycles. The molecule has 0 bridgehead atoms. The van der Waals surface area contributed by atoms with Gasteiger partial charge in [0.1, 0.15) is 0 Å². The summed E-state index contributed by atoms with van der Waals surface area (Å²) >= 11 is 0. The van der Waals surface area contributed by atoms with Crippen molar-refractivity contribution in [3.63, 3.8) is 0 Å². The SMILES string of the molecule is CCN(CC(=O)O)C1CCN(C(C)C(=O)Nc2ccccc2)CC1. The Morgan fingerprint density at radius 3 is 2.46 bits per heavy atom. The average Bonchev–Trinajstić information content (AvgIpc) is 2.60. The van der Waals surface area contributed by atoms with Crippen LogP contribution in [-0.4, -0.2) is 65.0 Å². The van der Waals surface area contributed by atoms with Crippen LogP contribution in [0.3, 0.4) is 0 Å². The van der Waals surface area contributed by atoms with Gasteiger partial charge in [-0.3, -0.25) is 19.4 Å². The lowest BCUT2D eigenvalue weighted by Crippen LogP contribution is -2.51. The maximum absolute atomic E-state index is 12.4. The topological polar surface area (TPSA) is 72.9 Å². The predicted molar refractivity (Wildman–Crippen MR) is 94.0 cm³/mol. The monoisotopic (exact) mass is 333 g/mol. The molecule has 0 aromatic heterocycles. The Balaban J connectivity index is 1.84. The first kappa shape index (κ1) is 18.4. The summed E-state index contributed by atoms with van der Waals surface area (Å²) in [5.74, 6) is -0.785.